The van der Waals surface area contributed by atoms with Gasteiger partial charge in [-0.15, -0.1) is 0 Å². The van der Waals surface area contributed by atoms with Gasteiger partial charge in [0.25, 0.3) is 5.91 Å². The molecule has 0 fully saturated rings. The first-order valence-corrected chi connectivity index (χ1v) is 8.59. The van der Waals surface area contributed by atoms with Crippen LogP contribution in [-0.4, -0.2) is 28.5 Å². The zero-order valence-corrected chi connectivity index (χ0v) is 15.3. The molecule has 0 saturated heterocycles. The summed E-state index contributed by atoms with van der Waals surface area (Å²) in [6, 6.07) is 9.71. The van der Waals surface area contributed by atoms with E-state index in [1.807, 2.05) is 0 Å². The molecule has 0 bridgehead atoms. The number of halogens is 2. The Balaban J connectivity index is 1.71. The molecule has 0 saturated carbocycles. The fourth-order valence-electron chi connectivity index (χ4n) is 2.39. The van der Waals surface area contributed by atoms with Crippen LogP contribution in [0.4, 0.5) is 26.1 Å². The van der Waals surface area contributed by atoms with Crippen LogP contribution in [0.1, 0.15) is 27.6 Å². The van der Waals surface area contributed by atoms with E-state index in [0.717, 1.165) is 12.1 Å². The van der Waals surface area contributed by atoms with E-state index in [0.29, 0.717) is 5.69 Å². The number of anilines is 3. The summed E-state index contributed by atoms with van der Waals surface area (Å²) < 4.78 is 31.2. The number of amides is 1. The molecule has 9 heteroatoms. The molecule has 148 valence electrons. The fourth-order valence-corrected chi connectivity index (χ4v) is 2.39. The summed E-state index contributed by atoms with van der Waals surface area (Å²) in [5, 5.41) is 5.32. The Morgan fingerprint density at radius 2 is 1.76 bits per heavy atom. The number of rotatable bonds is 6. The predicted molar refractivity (Wildman–Crippen MR) is 102 cm³/mol. The van der Waals surface area contributed by atoms with Crippen LogP contribution in [0.2, 0.25) is 0 Å². The molecule has 2 aromatic carbocycles. The van der Waals surface area contributed by atoms with Gasteiger partial charge in [-0.05, 0) is 31.2 Å². The van der Waals surface area contributed by atoms with Crippen molar-refractivity contribution in [1.82, 2.24) is 9.97 Å². The van der Waals surface area contributed by atoms with Crippen LogP contribution in [0.5, 0.6) is 0 Å². The zero-order chi connectivity index (χ0) is 20.8. The van der Waals surface area contributed by atoms with Crippen molar-refractivity contribution in [2.75, 3.05) is 17.2 Å². The van der Waals surface area contributed by atoms with Gasteiger partial charge in [0, 0.05) is 24.1 Å². The van der Waals surface area contributed by atoms with Crippen LogP contribution in [0.15, 0.2) is 54.9 Å². The van der Waals surface area contributed by atoms with Crippen molar-refractivity contribution < 1.29 is 23.1 Å². The lowest BCUT2D eigenvalue weighted by atomic mass is 10.1. The topological polar surface area (TPSA) is 93.2 Å². The summed E-state index contributed by atoms with van der Waals surface area (Å²) in [7, 11) is 0. The van der Waals surface area contributed by atoms with Crippen LogP contribution in [0.25, 0.3) is 0 Å². The molecule has 1 heterocycles. The molecule has 0 spiro atoms. The van der Waals surface area contributed by atoms with Crippen molar-refractivity contribution in [2.45, 2.75) is 6.92 Å². The zero-order valence-electron chi connectivity index (χ0n) is 15.3. The van der Waals surface area contributed by atoms with E-state index in [2.05, 4.69) is 20.6 Å². The molecule has 0 aliphatic rings. The number of hydrogen-bond donors (Lipinski definition) is 2. The highest BCUT2D eigenvalue weighted by Gasteiger charge is 2.15. The summed E-state index contributed by atoms with van der Waals surface area (Å²) in [5.74, 6) is -2.95. The third-order valence-corrected chi connectivity index (χ3v) is 3.76. The lowest BCUT2D eigenvalue weighted by Crippen LogP contribution is -2.16. The first kappa shape index (κ1) is 19.9. The van der Waals surface area contributed by atoms with Gasteiger partial charge in [0.05, 0.1) is 23.4 Å². The second-order valence-corrected chi connectivity index (χ2v) is 5.77. The quantitative estimate of drug-likeness (QED) is 0.611. The van der Waals surface area contributed by atoms with E-state index in [-0.39, 0.29) is 29.4 Å². The summed E-state index contributed by atoms with van der Waals surface area (Å²) in [5.41, 5.74) is 0.907. The number of nitrogens with one attached hydrogen (secondary N) is 2. The average Bonchev–Trinajstić information content (AvgIpc) is 2.72. The monoisotopic (exact) mass is 398 g/mol. The van der Waals surface area contributed by atoms with Crippen LogP contribution in [0.3, 0.4) is 0 Å². The predicted octanol–water partition coefficient (Wildman–Crippen LogP) is 3.93. The standard InChI is InChI=1S/C20H16F2N4O3/c1-2-29-19(28)14-5-3-4-6-17(14)26-18(27)12-10-23-20(24-11-12)25-13-7-8-15(21)16(22)9-13/h3-11H,2H2,1H3,(H,26,27)(H,23,24,25). The molecule has 0 atom stereocenters. The van der Waals surface area contributed by atoms with Gasteiger partial charge in [0.2, 0.25) is 5.95 Å². The molecule has 29 heavy (non-hydrogen) atoms. The molecule has 3 rings (SSSR count). The lowest BCUT2D eigenvalue weighted by molar-refractivity contribution is 0.0527. The maximum absolute atomic E-state index is 13.3. The maximum atomic E-state index is 13.3. The van der Waals surface area contributed by atoms with Crippen molar-refractivity contribution >= 4 is 29.2 Å². The first-order valence-electron chi connectivity index (χ1n) is 8.59. The number of nitrogens with zero attached hydrogens (tertiary/aromatic N) is 2. The van der Waals surface area contributed by atoms with Crippen molar-refractivity contribution in [3.63, 3.8) is 0 Å². The molecule has 0 unspecified atom stereocenters. The normalized spacial score (nSPS) is 10.3. The van der Waals surface area contributed by atoms with Gasteiger partial charge in [0.1, 0.15) is 0 Å². The molecule has 2 N–H and O–H groups in total. The molecule has 1 aromatic heterocycles. The van der Waals surface area contributed by atoms with E-state index >= 15 is 0 Å². The van der Waals surface area contributed by atoms with Gasteiger partial charge in [-0.2, -0.15) is 0 Å². The Hall–Kier alpha value is -3.88. The number of aromatic nitrogens is 2. The summed E-state index contributed by atoms with van der Waals surface area (Å²) in [4.78, 5) is 32.4. The smallest absolute Gasteiger partial charge is 0.340 e. The molecular weight excluding hydrogens is 382 g/mol. The molecule has 0 aliphatic carbocycles. The number of carbonyl (C=O) groups is 2. The second kappa shape index (κ2) is 8.87. The van der Waals surface area contributed by atoms with Crippen LogP contribution < -0.4 is 10.6 Å². The third kappa shape index (κ3) is 4.89. The van der Waals surface area contributed by atoms with E-state index in [1.54, 1.807) is 31.2 Å². The van der Waals surface area contributed by atoms with Gasteiger partial charge in [0.15, 0.2) is 11.6 Å². The van der Waals surface area contributed by atoms with Crippen molar-refractivity contribution in [3.05, 3.63) is 77.6 Å². The SMILES string of the molecule is CCOC(=O)c1ccccc1NC(=O)c1cnc(Nc2ccc(F)c(F)c2)nc1. The minimum absolute atomic E-state index is 0.0967. The van der Waals surface area contributed by atoms with Gasteiger partial charge in [-0.3, -0.25) is 4.79 Å². The Morgan fingerprint density at radius 1 is 1.03 bits per heavy atom. The molecule has 7 nitrogen and oxygen atoms in total. The largest absolute Gasteiger partial charge is 0.462 e. The van der Waals surface area contributed by atoms with Gasteiger partial charge >= 0.3 is 5.97 Å². The number of ether oxygens (including phenoxy) is 1. The average molecular weight is 398 g/mol. The second-order valence-electron chi connectivity index (χ2n) is 5.77. The minimum atomic E-state index is -1.01. The van der Waals surface area contributed by atoms with Crippen LogP contribution >= 0.6 is 0 Å². The van der Waals surface area contributed by atoms with Crippen LogP contribution in [0, 0.1) is 11.6 Å². The van der Waals surface area contributed by atoms with E-state index in [1.165, 1.54) is 18.5 Å². The van der Waals surface area contributed by atoms with E-state index in [9.17, 15) is 18.4 Å². The molecule has 3 aromatic rings. The molecule has 1 amide bonds. The highest BCUT2D eigenvalue weighted by Crippen LogP contribution is 2.19. The van der Waals surface area contributed by atoms with Crippen molar-refractivity contribution in [1.29, 1.82) is 0 Å². The van der Waals surface area contributed by atoms with Gasteiger partial charge in [-0.25, -0.2) is 23.5 Å². The first-order chi connectivity index (χ1) is 14.0. The summed E-state index contributed by atoms with van der Waals surface area (Å²) >= 11 is 0. The number of hydrogen-bond acceptors (Lipinski definition) is 6. The van der Waals surface area contributed by atoms with Gasteiger partial charge in [-0.1, -0.05) is 12.1 Å². The van der Waals surface area contributed by atoms with Gasteiger partial charge < -0.3 is 15.4 Å². The fraction of sp³-hybridized carbons (Fsp3) is 0.100. The maximum Gasteiger partial charge on any atom is 0.340 e. The Kier molecular flexibility index (Phi) is 6.08. The highest BCUT2D eigenvalue weighted by molar-refractivity contribution is 6.07. The summed E-state index contributed by atoms with van der Waals surface area (Å²) in [6.45, 7) is 1.90. The Bertz CT molecular complexity index is 1040. The molecular formula is C20H16F2N4O3. The lowest BCUT2D eigenvalue weighted by Gasteiger charge is -2.10. The Morgan fingerprint density at radius 3 is 2.45 bits per heavy atom. The highest BCUT2D eigenvalue weighted by atomic mass is 19.2. The van der Waals surface area contributed by atoms with E-state index in [4.69, 9.17) is 4.74 Å². The van der Waals surface area contributed by atoms with Crippen LogP contribution in [-0.2, 0) is 4.74 Å². The van der Waals surface area contributed by atoms with Crippen molar-refractivity contribution in [3.8, 4) is 0 Å². The number of para-hydroxylation sites is 1. The number of carbonyl (C=O) groups excluding carboxylic acids is 2. The summed E-state index contributed by atoms with van der Waals surface area (Å²) in [6.07, 6.45) is 2.52. The third-order valence-electron chi connectivity index (χ3n) is 3.76. The molecule has 0 radical (unpaired) electrons. The van der Waals surface area contributed by atoms with E-state index < -0.39 is 23.5 Å². The number of benzene rings is 2. The number of esters is 1. The minimum Gasteiger partial charge on any atom is -0.462 e. The Labute approximate surface area is 164 Å². The van der Waals surface area contributed by atoms with Crippen molar-refractivity contribution in [2.24, 2.45) is 0 Å². The molecule has 0 aliphatic heterocycles.